The van der Waals surface area contributed by atoms with Crippen molar-refractivity contribution in [2.45, 2.75) is 0 Å². The zero-order chi connectivity index (χ0) is 11.9. The van der Waals surface area contributed by atoms with Crippen LogP contribution in [0.2, 0.25) is 0 Å². The van der Waals surface area contributed by atoms with Crippen molar-refractivity contribution in [3.8, 4) is 0 Å². The normalized spacial score (nSPS) is 10.8. The molecule has 0 spiro atoms. The van der Waals surface area contributed by atoms with Crippen LogP contribution in [0, 0.1) is 5.41 Å². The molecule has 0 aliphatic rings. The summed E-state index contributed by atoms with van der Waals surface area (Å²) >= 11 is 6.32. The molecule has 15 heavy (non-hydrogen) atoms. The molecule has 0 rings (SSSR count). The highest BCUT2D eigenvalue weighted by Gasteiger charge is 2.32. The molecule has 0 aromatic carbocycles. The van der Waals surface area contributed by atoms with Crippen LogP contribution in [0.25, 0.3) is 0 Å². The maximum absolute atomic E-state index is 10.2. The van der Waals surface area contributed by atoms with Gasteiger partial charge in [0.2, 0.25) is 0 Å². The van der Waals surface area contributed by atoms with E-state index in [4.69, 9.17) is 10.2 Å². The van der Waals surface area contributed by atoms with Crippen molar-refractivity contribution in [2.24, 2.45) is 5.41 Å². The fourth-order valence-corrected chi connectivity index (χ4v) is 2.24. The third kappa shape index (κ3) is 5.83. The predicted molar refractivity (Wildman–Crippen MR) is 58.0 cm³/mol. The molecular weight excluding hydrogens is 340 g/mol. The van der Waals surface area contributed by atoms with E-state index in [0.717, 1.165) is 0 Å². The Kier molecular flexibility index (Phi) is 6.66. The van der Waals surface area contributed by atoms with E-state index in [0.29, 0.717) is 10.7 Å². The van der Waals surface area contributed by atoms with E-state index >= 15 is 0 Å². The number of carbonyl (C=O) groups is 2. The highest BCUT2D eigenvalue weighted by atomic mass is 79.9. The minimum Gasteiger partial charge on any atom is -0.450 e. The lowest BCUT2D eigenvalue weighted by Crippen LogP contribution is -2.37. The maximum Gasteiger partial charge on any atom is 0.505 e. The van der Waals surface area contributed by atoms with Crippen molar-refractivity contribution >= 4 is 44.2 Å². The average Bonchev–Trinajstić information content (AvgIpc) is 2.19. The molecule has 0 atom stereocenters. The van der Waals surface area contributed by atoms with E-state index in [1.807, 2.05) is 0 Å². The van der Waals surface area contributed by atoms with Gasteiger partial charge in [0, 0.05) is 10.7 Å². The highest BCUT2D eigenvalue weighted by molar-refractivity contribution is 9.09. The lowest BCUT2D eigenvalue weighted by molar-refractivity contribution is 0.0180. The van der Waals surface area contributed by atoms with Gasteiger partial charge in [-0.15, -0.1) is 0 Å². The van der Waals surface area contributed by atoms with Gasteiger partial charge in [-0.05, 0) is 0 Å². The number of halogens is 2. The van der Waals surface area contributed by atoms with E-state index < -0.39 is 17.7 Å². The Hall–Kier alpha value is -0.500. The van der Waals surface area contributed by atoms with E-state index in [-0.39, 0.29) is 13.2 Å². The highest BCUT2D eigenvalue weighted by Crippen LogP contribution is 2.24. The standard InChI is InChI=1S/C7H10Br2O6/c8-1-7(2-9,3-14-5(10)11)4-15-6(12)13/h1-4H2,(H,10,11)(H,12,13). The molecule has 0 aromatic rings. The van der Waals surface area contributed by atoms with Gasteiger partial charge in [-0.3, -0.25) is 0 Å². The number of rotatable bonds is 6. The molecule has 8 heteroatoms. The second-order valence-corrected chi connectivity index (χ2v) is 4.00. The van der Waals surface area contributed by atoms with E-state index in [2.05, 4.69) is 41.3 Å². The average molecular weight is 350 g/mol. The van der Waals surface area contributed by atoms with Crippen LogP contribution in [0.15, 0.2) is 0 Å². The van der Waals surface area contributed by atoms with E-state index in [1.54, 1.807) is 0 Å². The number of hydrogen-bond acceptors (Lipinski definition) is 4. The number of alkyl halides is 2. The number of ether oxygens (including phenoxy) is 2. The fraction of sp³-hybridized carbons (Fsp3) is 0.714. The SMILES string of the molecule is O=C(O)OCC(CBr)(CBr)COC(=O)O. The summed E-state index contributed by atoms with van der Waals surface area (Å²) in [6, 6.07) is 0. The Morgan fingerprint density at radius 1 is 1.00 bits per heavy atom. The Bertz CT molecular complexity index is 208. The summed E-state index contributed by atoms with van der Waals surface area (Å²) in [6.45, 7) is -0.293. The molecule has 0 amide bonds. The first-order valence-electron chi connectivity index (χ1n) is 3.79. The van der Waals surface area contributed by atoms with Gasteiger partial charge in [-0.2, -0.15) is 0 Å². The largest absolute Gasteiger partial charge is 0.505 e. The van der Waals surface area contributed by atoms with Crippen molar-refractivity contribution in [2.75, 3.05) is 23.9 Å². The summed E-state index contributed by atoms with van der Waals surface area (Å²) < 4.78 is 8.81. The summed E-state index contributed by atoms with van der Waals surface area (Å²) in [7, 11) is 0. The first-order valence-corrected chi connectivity index (χ1v) is 6.03. The van der Waals surface area contributed by atoms with Crippen LogP contribution in [-0.4, -0.2) is 46.4 Å². The Morgan fingerprint density at radius 3 is 1.53 bits per heavy atom. The molecule has 0 aliphatic carbocycles. The second-order valence-electron chi connectivity index (χ2n) is 2.88. The van der Waals surface area contributed by atoms with Gasteiger partial charge in [-0.1, -0.05) is 31.9 Å². The van der Waals surface area contributed by atoms with Gasteiger partial charge in [0.05, 0.1) is 5.41 Å². The Labute approximate surface area is 103 Å². The first-order chi connectivity index (χ1) is 6.95. The van der Waals surface area contributed by atoms with E-state index in [9.17, 15) is 9.59 Å². The first kappa shape index (κ1) is 14.5. The third-order valence-electron chi connectivity index (χ3n) is 1.57. The summed E-state index contributed by atoms with van der Waals surface area (Å²) in [5, 5.41) is 17.4. The molecule has 0 fully saturated rings. The van der Waals surface area contributed by atoms with Crippen molar-refractivity contribution < 1.29 is 29.3 Å². The molecule has 0 bridgehead atoms. The third-order valence-corrected chi connectivity index (χ3v) is 3.95. The lowest BCUT2D eigenvalue weighted by atomic mass is 9.96. The van der Waals surface area contributed by atoms with Crippen molar-refractivity contribution in [3.05, 3.63) is 0 Å². The van der Waals surface area contributed by atoms with Gasteiger partial charge in [0.25, 0.3) is 0 Å². The molecular formula is C7H10Br2O6. The Morgan fingerprint density at radius 2 is 1.33 bits per heavy atom. The van der Waals surface area contributed by atoms with Crippen LogP contribution in [0.1, 0.15) is 0 Å². The molecule has 0 heterocycles. The van der Waals surface area contributed by atoms with Crippen molar-refractivity contribution in [3.63, 3.8) is 0 Å². The molecule has 0 radical (unpaired) electrons. The van der Waals surface area contributed by atoms with Crippen molar-refractivity contribution in [1.82, 2.24) is 0 Å². The number of hydrogen-bond donors (Lipinski definition) is 2. The fourth-order valence-electron chi connectivity index (χ4n) is 0.661. The molecule has 0 aliphatic heterocycles. The molecule has 0 saturated heterocycles. The predicted octanol–water partition coefficient (Wildman–Crippen LogP) is 2.15. The zero-order valence-electron chi connectivity index (χ0n) is 7.61. The topological polar surface area (TPSA) is 93.1 Å². The second kappa shape index (κ2) is 6.89. The van der Waals surface area contributed by atoms with E-state index in [1.165, 1.54) is 0 Å². The van der Waals surface area contributed by atoms with Crippen molar-refractivity contribution in [1.29, 1.82) is 0 Å². The molecule has 2 N–H and O–H groups in total. The van der Waals surface area contributed by atoms with Crippen LogP contribution >= 0.6 is 31.9 Å². The van der Waals surface area contributed by atoms with Crippen LogP contribution in [0.5, 0.6) is 0 Å². The van der Waals surface area contributed by atoms with Crippen LogP contribution < -0.4 is 0 Å². The molecule has 88 valence electrons. The van der Waals surface area contributed by atoms with Crippen LogP contribution in [0.4, 0.5) is 9.59 Å². The molecule has 0 unspecified atom stereocenters. The van der Waals surface area contributed by atoms with Crippen LogP contribution in [0.3, 0.4) is 0 Å². The summed E-state index contributed by atoms with van der Waals surface area (Å²) in [4.78, 5) is 20.4. The van der Waals surface area contributed by atoms with Gasteiger partial charge in [0.1, 0.15) is 13.2 Å². The summed E-state index contributed by atoms with van der Waals surface area (Å²) in [6.07, 6.45) is -2.81. The van der Waals surface area contributed by atoms with Gasteiger partial charge < -0.3 is 19.7 Å². The summed E-state index contributed by atoms with van der Waals surface area (Å²) in [5.41, 5.74) is -0.725. The molecule has 0 saturated carbocycles. The number of carboxylic acid groups (broad SMARTS) is 2. The lowest BCUT2D eigenvalue weighted by Gasteiger charge is -2.27. The zero-order valence-corrected chi connectivity index (χ0v) is 10.8. The van der Waals surface area contributed by atoms with Crippen LogP contribution in [-0.2, 0) is 9.47 Å². The minimum atomic E-state index is -1.41. The molecule has 6 nitrogen and oxygen atoms in total. The van der Waals surface area contributed by atoms with Gasteiger partial charge >= 0.3 is 12.3 Å². The van der Waals surface area contributed by atoms with Gasteiger partial charge in [0.15, 0.2) is 0 Å². The monoisotopic (exact) mass is 348 g/mol. The minimum absolute atomic E-state index is 0.147. The maximum atomic E-state index is 10.2. The summed E-state index contributed by atoms with van der Waals surface area (Å²) in [5.74, 6) is 0. The molecule has 0 aromatic heterocycles. The smallest absolute Gasteiger partial charge is 0.450 e. The van der Waals surface area contributed by atoms with Gasteiger partial charge in [-0.25, -0.2) is 9.59 Å². The quantitative estimate of drug-likeness (QED) is 0.563. The Balaban J connectivity index is 4.29.